The van der Waals surface area contributed by atoms with Gasteiger partial charge >= 0.3 is 0 Å². The molecule has 3 aliphatic heterocycles. The molecular weight excluding hydrogens is 861 g/mol. The fourth-order valence-corrected chi connectivity index (χ4v) is 9.94. The van der Waals surface area contributed by atoms with Gasteiger partial charge in [-0.05, 0) is 75.9 Å². The largest absolute Gasteiger partial charge is 0.493 e. The van der Waals surface area contributed by atoms with E-state index in [0.717, 1.165) is 98.0 Å². The van der Waals surface area contributed by atoms with E-state index in [1.54, 1.807) is 48.6 Å². The van der Waals surface area contributed by atoms with Crippen LogP contribution in [0.15, 0.2) is 88.9 Å². The summed E-state index contributed by atoms with van der Waals surface area (Å²) in [4.78, 5) is 77.0. The highest BCUT2D eigenvalue weighted by atomic mass is 32.1. The second-order valence-electron chi connectivity index (χ2n) is 17.0. The first kappa shape index (κ1) is 44.3. The van der Waals surface area contributed by atoms with Crippen molar-refractivity contribution >= 4 is 40.9 Å². The van der Waals surface area contributed by atoms with Gasteiger partial charge < -0.3 is 19.5 Å². The van der Waals surface area contributed by atoms with Crippen molar-refractivity contribution in [3.63, 3.8) is 0 Å². The maximum absolute atomic E-state index is 13.6. The molecule has 3 aromatic heterocycles. The van der Waals surface area contributed by atoms with E-state index in [4.69, 9.17) is 14.2 Å². The predicted molar refractivity (Wildman–Crippen MR) is 243 cm³/mol. The van der Waals surface area contributed by atoms with Gasteiger partial charge in [-0.25, -0.2) is 4.98 Å². The molecule has 0 saturated carbocycles. The van der Waals surface area contributed by atoms with Crippen LogP contribution in [0.2, 0.25) is 0 Å². The maximum atomic E-state index is 13.6. The Kier molecular flexibility index (Phi) is 13.2. The number of benzene rings is 3. The molecule has 1 atom stereocenters. The minimum Gasteiger partial charge on any atom is -0.493 e. The van der Waals surface area contributed by atoms with Gasteiger partial charge in [0.25, 0.3) is 17.7 Å². The molecule has 1 unspecified atom stereocenters. The average Bonchev–Trinajstić information content (AvgIpc) is 4.16. The number of hydrogen-bond donors (Lipinski definition) is 2. The molecule has 6 heterocycles. The molecule has 0 aliphatic carbocycles. The van der Waals surface area contributed by atoms with Crippen molar-refractivity contribution in [2.24, 2.45) is 0 Å². The minimum absolute atomic E-state index is 0.0622. The van der Waals surface area contributed by atoms with Crippen molar-refractivity contribution in [3.05, 3.63) is 118 Å². The van der Waals surface area contributed by atoms with E-state index < -0.39 is 29.7 Å². The Morgan fingerprint density at radius 1 is 0.924 bits per heavy atom. The number of rotatable bonds is 18. The lowest BCUT2D eigenvalue weighted by Gasteiger charge is -2.40. The summed E-state index contributed by atoms with van der Waals surface area (Å²) in [5.41, 5.74) is 4.23. The monoisotopic (exact) mass is 910 g/mol. The van der Waals surface area contributed by atoms with Crippen molar-refractivity contribution in [2.75, 3.05) is 32.8 Å². The van der Waals surface area contributed by atoms with Gasteiger partial charge in [0.15, 0.2) is 0 Å². The fourth-order valence-electron chi connectivity index (χ4n) is 8.85. The molecule has 0 bridgehead atoms. The molecule has 0 radical (unpaired) electrons. The number of unbranched alkanes of at least 4 members (excludes halogenated alkanes) is 3. The molecule has 5 amide bonds. The first-order valence-electron chi connectivity index (χ1n) is 22.4. The molecule has 3 aliphatic rings. The van der Waals surface area contributed by atoms with Crippen LogP contribution < -0.4 is 15.4 Å². The number of thiazole rings is 1. The van der Waals surface area contributed by atoms with Gasteiger partial charge in [0, 0.05) is 73.1 Å². The van der Waals surface area contributed by atoms with E-state index in [1.165, 1.54) is 0 Å². The molecule has 3 aromatic carbocycles. The van der Waals surface area contributed by atoms with Gasteiger partial charge in [0.05, 0.1) is 29.1 Å². The van der Waals surface area contributed by atoms with Crippen molar-refractivity contribution in [1.82, 2.24) is 50.6 Å². The summed E-state index contributed by atoms with van der Waals surface area (Å²) in [7, 11) is 0. The lowest BCUT2D eigenvalue weighted by atomic mass is 9.78. The molecule has 18 heteroatoms. The summed E-state index contributed by atoms with van der Waals surface area (Å²) in [6.45, 7) is 5.84. The predicted octanol–water partition coefficient (Wildman–Crippen LogP) is 5.81. The number of nitrogens with one attached hydrogen (secondary N) is 2. The third-order valence-electron chi connectivity index (χ3n) is 12.6. The highest BCUT2D eigenvalue weighted by Crippen LogP contribution is 2.39. The van der Waals surface area contributed by atoms with Gasteiger partial charge in [-0.15, -0.1) is 16.4 Å². The summed E-state index contributed by atoms with van der Waals surface area (Å²) < 4.78 is 13.0. The Morgan fingerprint density at radius 2 is 1.73 bits per heavy atom. The number of fused-ring (bicyclic) bond motifs is 1. The van der Waals surface area contributed by atoms with Crippen LogP contribution in [0.4, 0.5) is 0 Å². The zero-order valence-corrected chi connectivity index (χ0v) is 37.4. The van der Waals surface area contributed by atoms with Crippen LogP contribution in [-0.4, -0.2) is 108 Å². The topological polar surface area (TPSA) is 208 Å². The zero-order valence-electron chi connectivity index (χ0n) is 36.6. The number of nitrogens with zero attached hydrogens (tertiary/aromatic N) is 8. The SMILES string of the molecule is Cc1nc(-c2cccc(C(=O)NCC3(c4nc(-c5ccccc5)cs4)CCN(CCc4cn(CCCCCCOc5cccc6c5C(=O)N(C5CCC(=O)NC5=O)C6=O)nn4)CC3)c2)no1. The Hall–Kier alpha value is -6.92. The smallest absolute Gasteiger partial charge is 0.266 e. The van der Waals surface area contributed by atoms with Crippen LogP contribution in [0.3, 0.4) is 0 Å². The third-order valence-corrected chi connectivity index (χ3v) is 13.7. The van der Waals surface area contributed by atoms with Gasteiger partial charge in [-0.2, -0.15) is 4.98 Å². The Balaban J connectivity index is 0.730. The van der Waals surface area contributed by atoms with Crippen LogP contribution >= 0.6 is 11.3 Å². The molecular formula is C48H50N10O7S. The number of aryl methyl sites for hydroxylation is 2. The van der Waals surface area contributed by atoms with Crippen molar-refractivity contribution < 1.29 is 33.2 Å². The van der Waals surface area contributed by atoms with Crippen LogP contribution in [-0.2, 0) is 28.0 Å². The zero-order chi connectivity index (χ0) is 45.6. The normalized spacial score (nSPS) is 17.2. The molecule has 2 N–H and O–H groups in total. The summed E-state index contributed by atoms with van der Waals surface area (Å²) in [5.74, 6) is -1.13. The van der Waals surface area contributed by atoms with E-state index in [-0.39, 0.29) is 35.3 Å². The molecule has 340 valence electrons. The molecule has 17 nitrogen and oxygen atoms in total. The Morgan fingerprint density at radius 3 is 2.53 bits per heavy atom. The van der Waals surface area contributed by atoms with Gasteiger partial charge in [0.2, 0.25) is 23.5 Å². The lowest BCUT2D eigenvalue weighted by Crippen LogP contribution is -2.54. The highest BCUT2D eigenvalue weighted by molar-refractivity contribution is 7.10. The number of amides is 5. The number of aromatic nitrogens is 6. The number of ether oxygens (including phenoxy) is 1. The first-order chi connectivity index (χ1) is 32.1. The van der Waals surface area contributed by atoms with Crippen LogP contribution in [0.5, 0.6) is 5.75 Å². The molecule has 9 rings (SSSR count). The summed E-state index contributed by atoms with van der Waals surface area (Å²) in [5, 5.41) is 21.5. The minimum atomic E-state index is -1.02. The van der Waals surface area contributed by atoms with E-state index >= 15 is 0 Å². The number of hydrogen-bond acceptors (Lipinski definition) is 14. The Labute approximate surface area is 384 Å². The number of imide groups is 2. The lowest BCUT2D eigenvalue weighted by molar-refractivity contribution is -0.136. The second kappa shape index (κ2) is 19.7. The standard InChI is InChI=1S/C48H50N10O7S/c1-31-50-42(54-65-31)33-13-9-14-34(27-33)43(60)49-30-48(47-51-37(29-66-47)32-11-5-4-6-12-32)20-24-56(25-21-48)23-19-35-28-57(55-53-35)22-7-2-3-8-26-64-39-16-10-15-36-41(39)46(63)58(45(36)62)38-17-18-40(59)52-44(38)61/h4-6,9-16,27-29,38H,2-3,7-8,17-26,30H2,1H3,(H,49,60)(H,52,59,61). The fraction of sp³-hybridized carbons (Fsp3) is 0.375. The van der Waals surface area contributed by atoms with Crippen molar-refractivity contribution in [3.8, 4) is 28.4 Å². The first-order valence-corrected chi connectivity index (χ1v) is 23.3. The summed E-state index contributed by atoms with van der Waals surface area (Å²) in [6.07, 6.45) is 8.14. The average molecular weight is 911 g/mol. The third kappa shape index (κ3) is 9.69. The molecule has 2 fully saturated rings. The quantitative estimate of drug-likeness (QED) is 0.0773. The van der Waals surface area contributed by atoms with E-state index in [1.807, 2.05) is 41.2 Å². The number of piperidine rings is 2. The summed E-state index contributed by atoms with van der Waals surface area (Å²) in [6, 6.07) is 21.3. The second-order valence-corrected chi connectivity index (χ2v) is 17.9. The van der Waals surface area contributed by atoms with Crippen molar-refractivity contribution in [1.29, 1.82) is 0 Å². The highest BCUT2D eigenvalue weighted by Gasteiger charge is 2.46. The number of carbonyl (C=O) groups excluding carboxylic acids is 5. The van der Waals surface area contributed by atoms with Gasteiger partial charge in [-0.3, -0.25) is 38.9 Å². The van der Waals surface area contributed by atoms with Gasteiger partial charge in [0.1, 0.15) is 16.8 Å². The maximum Gasteiger partial charge on any atom is 0.266 e. The number of likely N-dealkylation sites (tertiary alicyclic amines) is 1. The van der Waals surface area contributed by atoms with E-state index in [0.29, 0.717) is 41.7 Å². The van der Waals surface area contributed by atoms with E-state index in [2.05, 4.69) is 53.5 Å². The van der Waals surface area contributed by atoms with Crippen molar-refractivity contribution in [2.45, 2.75) is 82.7 Å². The Bertz CT molecular complexity index is 2740. The molecule has 2 saturated heterocycles. The molecule has 6 aromatic rings. The van der Waals surface area contributed by atoms with E-state index in [9.17, 15) is 24.0 Å². The van der Waals surface area contributed by atoms with Crippen LogP contribution in [0.25, 0.3) is 22.6 Å². The number of carbonyl (C=O) groups is 5. The van der Waals surface area contributed by atoms with Gasteiger partial charge in [-0.1, -0.05) is 65.3 Å². The summed E-state index contributed by atoms with van der Waals surface area (Å²) >= 11 is 1.66. The molecule has 0 spiro atoms. The van der Waals surface area contributed by atoms with Crippen LogP contribution in [0.1, 0.15) is 99.0 Å². The van der Waals surface area contributed by atoms with Crippen LogP contribution in [0, 0.1) is 6.92 Å². The molecule has 66 heavy (non-hydrogen) atoms.